The first-order valence-corrected chi connectivity index (χ1v) is 5.53. The fraction of sp³-hybridized carbons (Fsp3) is 0.417. The van der Waals surface area contributed by atoms with E-state index in [-0.39, 0.29) is 0 Å². The van der Waals surface area contributed by atoms with Gasteiger partial charge in [-0.3, -0.25) is 0 Å². The summed E-state index contributed by atoms with van der Waals surface area (Å²) < 4.78 is 2.16. The molecule has 2 aromatic heterocycles. The molecule has 1 fully saturated rings. The number of nitrogens with zero attached hydrogens (tertiary/aromatic N) is 3. The van der Waals surface area contributed by atoms with Gasteiger partial charge >= 0.3 is 0 Å². The van der Waals surface area contributed by atoms with Gasteiger partial charge in [0.2, 0.25) is 0 Å². The lowest BCUT2D eigenvalue weighted by molar-refractivity contribution is 0.949. The van der Waals surface area contributed by atoms with E-state index in [0.29, 0.717) is 0 Å². The fourth-order valence-corrected chi connectivity index (χ4v) is 2.25. The lowest BCUT2D eigenvalue weighted by Crippen LogP contribution is -2.17. The van der Waals surface area contributed by atoms with Crippen LogP contribution in [0.1, 0.15) is 18.5 Å². The Morgan fingerprint density at radius 3 is 2.80 bits per heavy atom. The minimum Gasteiger partial charge on any atom is -0.370 e. The van der Waals surface area contributed by atoms with Crippen LogP contribution < -0.4 is 4.90 Å². The summed E-state index contributed by atoms with van der Waals surface area (Å²) in [6.45, 7) is 4.48. The molecule has 3 heterocycles. The topological polar surface area (TPSA) is 20.5 Å². The van der Waals surface area contributed by atoms with Crippen LogP contribution in [0, 0.1) is 6.92 Å². The van der Waals surface area contributed by atoms with E-state index in [1.807, 2.05) is 6.20 Å². The van der Waals surface area contributed by atoms with Crippen molar-refractivity contribution in [3.8, 4) is 0 Å². The summed E-state index contributed by atoms with van der Waals surface area (Å²) in [7, 11) is 0. The molecule has 0 N–H and O–H groups in total. The van der Waals surface area contributed by atoms with E-state index >= 15 is 0 Å². The van der Waals surface area contributed by atoms with Gasteiger partial charge < -0.3 is 9.30 Å². The molecule has 1 aliphatic heterocycles. The number of fused-ring (bicyclic) bond motifs is 1. The van der Waals surface area contributed by atoms with Gasteiger partial charge in [0.1, 0.15) is 5.65 Å². The molecule has 1 aliphatic rings. The van der Waals surface area contributed by atoms with Crippen LogP contribution in [-0.2, 0) is 0 Å². The first kappa shape index (κ1) is 8.77. The standard InChI is InChI=1S/C12H15N3/c1-10-8-13-12-5-4-11(9-15(10)12)14-6-2-3-7-14/h4-5,8-9H,2-3,6-7H2,1H3. The SMILES string of the molecule is Cc1cnc2ccc(N3CCCC3)cn12. The van der Waals surface area contributed by atoms with Gasteiger partial charge in [0, 0.05) is 31.2 Å². The number of anilines is 1. The van der Waals surface area contributed by atoms with Gasteiger partial charge in [-0.05, 0) is 31.9 Å². The first-order valence-electron chi connectivity index (χ1n) is 5.53. The highest BCUT2D eigenvalue weighted by atomic mass is 15.2. The summed E-state index contributed by atoms with van der Waals surface area (Å²) in [5.41, 5.74) is 3.56. The highest BCUT2D eigenvalue weighted by molar-refractivity contribution is 5.53. The third kappa shape index (κ3) is 1.39. The molecule has 1 saturated heterocycles. The highest BCUT2D eigenvalue weighted by Crippen LogP contribution is 2.21. The quantitative estimate of drug-likeness (QED) is 0.705. The number of hydrogen-bond acceptors (Lipinski definition) is 2. The van der Waals surface area contributed by atoms with Crippen LogP contribution in [0.15, 0.2) is 24.5 Å². The third-order valence-corrected chi connectivity index (χ3v) is 3.15. The molecular weight excluding hydrogens is 186 g/mol. The Morgan fingerprint density at radius 2 is 2.00 bits per heavy atom. The van der Waals surface area contributed by atoms with E-state index in [1.165, 1.54) is 37.3 Å². The summed E-state index contributed by atoms with van der Waals surface area (Å²) in [6.07, 6.45) is 6.76. The monoisotopic (exact) mass is 201 g/mol. The van der Waals surface area contributed by atoms with Crippen molar-refractivity contribution in [2.45, 2.75) is 19.8 Å². The average Bonchev–Trinajstić information content (AvgIpc) is 2.88. The number of pyridine rings is 1. The number of imidazole rings is 1. The summed E-state index contributed by atoms with van der Waals surface area (Å²) in [6, 6.07) is 4.27. The van der Waals surface area contributed by atoms with Gasteiger partial charge in [-0.1, -0.05) is 0 Å². The largest absolute Gasteiger partial charge is 0.370 e. The number of rotatable bonds is 1. The summed E-state index contributed by atoms with van der Waals surface area (Å²) in [5, 5.41) is 0. The second-order valence-electron chi connectivity index (χ2n) is 4.21. The Bertz CT molecular complexity index is 481. The van der Waals surface area contributed by atoms with Crippen molar-refractivity contribution in [2.75, 3.05) is 18.0 Å². The summed E-state index contributed by atoms with van der Waals surface area (Å²) >= 11 is 0. The molecular formula is C12H15N3. The van der Waals surface area contributed by atoms with E-state index in [9.17, 15) is 0 Å². The second-order valence-corrected chi connectivity index (χ2v) is 4.21. The Hall–Kier alpha value is -1.51. The molecule has 15 heavy (non-hydrogen) atoms. The number of aromatic nitrogens is 2. The van der Waals surface area contributed by atoms with Crippen LogP contribution in [0.5, 0.6) is 0 Å². The molecule has 3 nitrogen and oxygen atoms in total. The number of aryl methyl sites for hydroxylation is 1. The number of hydrogen-bond donors (Lipinski definition) is 0. The predicted octanol–water partition coefficient (Wildman–Crippen LogP) is 2.24. The van der Waals surface area contributed by atoms with Gasteiger partial charge in [-0.2, -0.15) is 0 Å². The zero-order valence-electron chi connectivity index (χ0n) is 8.98. The van der Waals surface area contributed by atoms with E-state index in [0.717, 1.165) is 5.65 Å². The highest BCUT2D eigenvalue weighted by Gasteiger charge is 2.12. The van der Waals surface area contributed by atoms with Crippen molar-refractivity contribution in [3.05, 3.63) is 30.2 Å². The summed E-state index contributed by atoms with van der Waals surface area (Å²) in [5.74, 6) is 0. The third-order valence-electron chi connectivity index (χ3n) is 3.15. The van der Waals surface area contributed by atoms with E-state index in [4.69, 9.17) is 0 Å². The Balaban J connectivity index is 2.08. The van der Waals surface area contributed by atoms with Crippen LogP contribution in [-0.4, -0.2) is 22.5 Å². The van der Waals surface area contributed by atoms with E-state index in [1.54, 1.807) is 0 Å². The smallest absolute Gasteiger partial charge is 0.137 e. The first-order chi connectivity index (χ1) is 7.34. The molecule has 0 bridgehead atoms. The van der Waals surface area contributed by atoms with E-state index < -0.39 is 0 Å². The van der Waals surface area contributed by atoms with Crippen molar-refractivity contribution in [1.82, 2.24) is 9.38 Å². The zero-order valence-corrected chi connectivity index (χ0v) is 8.98. The van der Waals surface area contributed by atoms with Crippen molar-refractivity contribution in [3.63, 3.8) is 0 Å². The van der Waals surface area contributed by atoms with E-state index in [2.05, 4.69) is 39.5 Å². The van der Waals surface area contributed by atoms with Crippen LogP contribution in [0.3, 0.4) is 0 Å². The van der Waals surface area contributed by atoms with Gasteiger partial charge in [0.05, 0.1) is 5.69 Å². The van der Waals surface area contributed by atoms with Crippen LogP contribution >= 0.6 is 0 Å². The second kappa shape index (κ2) is 3.26. The van der Waals surface area contributed by atoms with Gasteiger partial charge in [0.25, 0.3) is 0 Å². The Kier molecular flexibility index (Phi) is 1.91. The maximum atomic E-state index is 4.33. The lowest BCUT2D eigenvalue weighted by atomic mass is 10.3. The Morgan fingerprint density at radius 1 is 1.20 bits per heavy atom. The fourth-order valence-electron chi connectivity index (χ4n) is 2.25. The van der Waals surface area contributed by atoms with Crippen molar-refractivity contribution in [2.24, 2.45) is 0 Å². The molecule has 78 valence electrons. The minimum absolute atomic E-state index is 1.04. The summed E-state index contributed by atoms with van der Waals surface area (Å²) in [4.78, 5) is 6.77. The molecule has 3 heteroatoms. The minimum atomic E-state index is 1.04. The molecule has 0 aliphatic carbocycles. The molecule has 0 spiro atoms. The molecule has 0 saturated carbocycles. The normalized spacial score (nSPS) is 16.5. The van der Waals surface area contributed by atoms with Gasteiger partial charge in [-0.25, -0.2) is 4.98 Å². The van der Waals surface area contributed by atoms with Crippen LogP contribution in [0.2, 0.25) is 0 Å². The lowest BCUT2D eigenvalue weighted by Gasteiger charge is -2.17. The maximum Gasteiger partial charge on any atom is 0.137 e. The molecule has 0 atom stereocenters. The molecule has 2 aromatic rings. The molecule has 0 amide bonds. The van der Waals surface area contributed by atoms with Crippen molar-refractivity contribution >= 4 is 11.3 Å². The van der Waals surface area contributed by atoms with Crippen molar-refractivity contribution in [1.29, 1.82) is 0 Å². The average molecular weight is 201 g/mol. The van der Waals surface area contributed by atoms with Gasteiger partial charge in [-0.15, -0.1) is 0 Å². The molecule has 0 radical (unpaired) electrons. The van der Waals surface area contributed by atoms with Crippen LogP contribution in [0.25, 0.3) is 5.65 Å². The molecule has 0 unspecified atom stereocenters. The van der Waals surface area contributed by atoms with Crippen molar-refractivity contribution < 1.29 is 0 Å². The molecule has 0 aromatic carbocycles. The predicted molar refractivity (Wildman–Crippen MR) is 61.4 cm³/mol. The van der Waals surface area contributed by atoms with Crippen LogP contribution in [0.4, 0.5) is 5.69 Å². The zero-order chi connectivity index (χ0) is 10.3. The molecule has 3 rings (SSSR count). The van der Waals surface area contributed by atoms with Gasteiger partial charge in [0.15, 0.2) is 0 Å². The Labute approximate surface area is 89.3 Å². The maximum absolute atomic E-state index is 4.33.